The van der Waals surface area contributed by atoms with E-state index in [1.807, 2.05) is 37.3 Å². The highest BCUT2D eigenvalue weighted by molar-refractivity contribution is 6.07. The molecule has 5 rings (SSSR count). The van der Waals surface area contributed by atoms with Gasteiger partial charge in [0.25, 0.3) is 5.91 Å². The standard InChI is InChI=1S/C27H31N5O2/c1-19-8-9-20-10-11-21-18-22(30-26(21)25(20)29-19)27(33)28-12-5-13-31-14-16-32(17-15-31)23-6-3-4-7-24(23)34-2/h3-4,6-11,18,29H,5,12-17H2,1-2H3,(H,28,33). The number of hydrogen-bond donors (Lipinski definition) is 2. The smallest absolute Gasteiger partial charge is 0.269 e. The van der Waals surface area contributed by atoms with E-state index in [0.29, 0.717) is 12.2 Å². The van der Waals surface area contributed by atoms with Crippen molar-refractivity contribution in [2.24, 2.45) is 0 Å². The molecule has 0 bridgehead atoms. The van der Waals surface area contributed by atoms with E-state index >= 15 is 0 Å². The molecule has 3 heterocycles. The Morgan fingerprint density at radius 2 is 1.82 bits per heavy atom. The number of benzene rings is 2. The third-order valence-corrected chi connectivity index (χ3v) is 6.57. The lowest BCUT2D eigenvalue weighted by Crippen LogP contribution is -2.47. The topological polar surface area (TPSA) is 73.5 Å². The molecule has 0 aliphatic carbocycles. The van der Waals surface area contributed by atoms with Crippen molar-refractivity contribution < 1.29 is 9.53 Å². The van der Waals surface area contributed by atoms with Crippen LogP contribution in [0, 0.1) is 6.92 Å². The SMILES string of the molecule is COc1ccccc1N1CCN(CCCNC(=O)c2cc3ccc4ccc(C)[nH]c4c3n2)CC1. The first-order valence-corrected chi connectivity index (χ1v) is 11.9. The Morgan fingerprint density at radius 1 is 1.06 bits per heavy atom. The highest BCUT2D eigenvalue weighted by Gasteiger charge is 2.19. The molecule has 0 saturated carbocycles. The van der Waals surface area contributed by atoms with E-state index < -0.39 is 0 Å². The highest BCUT2D eigenvalue weighted by atomic mass is 16.5. The van der Waals surface area contributed by atoms with Crippen LogP contribution in [0.1, 0.15) is 22.6 Å². The minimum Gasteiger partial charge on any atom is -0.495 e. The molecule has 1 saturated heterocycles. The van der Waals surface area contributed by atoms with E-state index in [2.05, 4.69) is 49.4 Å². The molecule has 0 atom stereocenters. The maximum absolute atomic E-state index is 12.7. The van der Waals surface area contributed by atoms with Crippen LogP contribution in [0.2, 0.25) is 0 Å². The quantitative estimate of drug-likeness (QED) is 0.411. The number of carbonyl (C=O) groups excluding carboxylic acids is 1. The fourth-order valence-corrected chi connectivity index (χ4v) is 4.70. The minimum absolute atomic E-state index is 0.113. The number of carbonyl (C=O) groups is 1. The Balaban J connectivity index is 1.11. The average Bonchev–Trinajstić information content (AvgIpc) is 3.32. The van der Waals surface area contributed by atoms with Crippen molar-refractivity contribution in [3.05, 3.63) is 66.0 Å². The number of amides is 1. The molecule has 34 heavy (non-hydrogen) atoms. The van der Waals surface area contributed by atoms with Gasteiger partial charge in [0.15, 0.2) is 0 Å². The van der Waals surface area contributed by atoms with Crippen LogP contribution < -0.4 is 15.0 Å². The number of nitrogens with one attached hydrogen (secondary N) is 2. The summed E-state index contributed by atoms with van der Waals surface area (Å²) in [5.41, 5.74) is 4.52. The van der Waals surface area contributed by atoms with Gasteiger partial charge in [-0.25, -0.2) is 4.98 Å². The molecule has 1 aliphatic heterocycles. The summed E-state index contributed by atoms with van der Waals surface area (Å²) in [6.45, 7) is 7.58. The first-order chi connectivity index (χ1) is 16.6. The van der Waals surface area contributed by atoms with E-state index in [-0.39, 0.29) is 5.91 Å². The molecule has 1 aliphatic rings. The Hall–Kier alpha value is -3.58. The van der Waals surface area contributed by atoms with Gasteiger partial charge in [-0.2, -0.15) is 0 Å². The number of pyridine rings is 1. The Bertz CT molecular complexity index is 1310. The predicted octanol–water partition coefficient (Wildman–Crippen LogP) is 3.98. The number of rotatable bonds is 7. The molecule has 176 valence electrons. The number of hydrogen-bond acceptors (Lipinski definition) is 5. The van der Waals surface area contributed by atoms with Gasteiger partial charge in [0.2, 0.25) is 0 Å². The van der Waals surface area contributed by atoms with Gasteiger partial charge in [-0.3, -0.25) is 9.69 Å². The number of aryl methyl sites for hydroxylation is 1. The van der Waals surface area contributed by atoms with E-state index in [9.17, 15) is 4.79 Å². The van der Waals surface area contributed by atoms with Crippen LogP contribution in [0.5, 0.6) is 5.75 Å². The molecule has 1 amide bonds. The monoisotopic (exact) mass is 457 g/mol. The molecule has 7 heteroatoms. The molecule has 2 aromatic carbocycles. The van der Waals surface area contributed by atoms with Gasteiger partial charge in [-0.1, -0.05) is 30.3 Å². The maximum Gasteiger partial charge on any atom is 0.269 e. The van der Waals surface area contributed by atoms with Gasteiger partial charge < -0.3 is 19.9 Å². The average molecular weight is 458 g/mol. The van der Waals surface area contributed by atoms with Gasteiger partial charge in [0, 0.05) is 49.2 Å². The number of anilines is 1. The number of H-pyrrole nitrogens is 1. The summed E-state index contributed by atoms with van der Waals surface area (Å²) >= 11 is 0. The molecular formula is C27H31N5O2. The summed E-state index contributed by atoms with van der Waals surface area (Å²) in [4.78, 5) is 25.6. The first kappa shape index (κ1) is 22.2. The van der Waals surface area contributed by atoms with Crippen molar-refractivity contribution >= 4 is 33.4 Å². The summed E-state index contributed by atoms with van der Waals surface area (Å²) in [6, 6.07) is 18.3. The number of para-hydroxylation sites is 2. The Morgan fingerprint density at radius 3 is 2.65 bits per heavy atom. The summed E-state index contributed by atoms with van der Waals surface area (Å²) in [5.74, 6) is 0.812. The van der Waals surface area contributed by atoms with Gasteiger partial charge in [-0.05, 0) is 44.2 Å². The van der Waals surface area contributed by atoms with E-state index in [4.69, 9.17) is 4.74 Å². The number of piperazine rings is 1. The van der Waals surface area contributed by atoms with Crippen molar-refractivity contribution in [1.82, 2.24) is 20.2 Å². The molecule has 2 N–H and O–H groups in total. The molecule has 4 aromatic rings. The number of methoxy groups -OCH3 is 1. The molecule has 0 radical (unpaired) electrons. The molecular weight excluding hydrogens is 426 g/mol. The van der Waals surface area contributed by atoms with Gasteiger partial charge >= 0.3 is 0 Å². The van der Waals surface area contributed by atoms with Crippen molar-refractivity contribution in [1.29, 1.82) is 0 Å². The molecule has 2 aromatic heterocycles. The van der Waals surface area contributed by atoms with Crippen LogP contribution in [0.4, 0.5) is 5.69 Å². The van der Waals surface area contributed by atoms with Crippen molar-refractivity contribution in [3.8, 4) is 5.75 Å². The lowest BCUT2D eigenvalue weighted by Gasteiger charge is -2.36. The third kappa shape index (κ3) is 4.56. The number of aromatic nitrogens is 2. The predicted molar refractivity (Wildman–Crippen MR) is 137 cm³/mol. The summed E-state index contributed by atoms with van der Waals surface area (Å²) in [5, 5.41) is 5.11. The van der Waals surface area contributed by atoms with E-state index in [1.54, 1.807) is 7.11 Å². The van der Waals surface area contributed by atoms with Crippen molar-refractivity contribution in [2.45, 2.75) is 13.3 Å². The van der Waals surface area contributed by atoms with Crippen LogP contribution in [0.25, 0.3) is 21.8 Å². The van der Waals surface area contributed by atoms with E-state index in [1.165, 1.54) is 0 Å². The van der Waals surface area contributed by atoms with Crippen molar-refractivity contribution in [3.63, 3.8) is 0 Å². The second-order valence-corrected chi connectivity index (χ2v) is 8.86. The van der Waals surface area contributed by atoms with E-state index in [0.717, 1.165) is 78.1 Å². The zero-order chi connectivity index (χ0) is 23.5. The summed E-state index contributed by atoms with van der Waals surface area (Å²) in [7, 11) is 1.72. The zero-order valence-corrected chi connectivity index (χ0v) is 19.8. The summed E-state index contributed by atoms with van der Waals surface area (Å²) in [6.07, 6.45) is 0.913. The number of aromatic amines is 1. The van der Waals surface area contributed by atoms with Gasteiger partial charge in [0.05, 0.1) is 23.8 Å². The zero-order valence-electron chi connectivity index (χ0n) is 19.8. The lowest BCUT2D eigenvalue weighted by atomic mass is 10.1. The largest absolute Gasteiger partial charge is 0.495 e. The van der Waals surface area contributed by atoms with Gasteiger partial charge in [-0.15, -0.1) is 0 Å². The molecule has 7 nitrogen and oxygen atoms in total. The Labute approximate surface area is 199 Å². The normalized spacial score (nSPS) is 14.6. The fourth-order valence-electron chi connectivity index (χ4n) is 4.70. The van der Waals surface area contributed by atoms with Crippen LogP contribution in [-0.4, -0.2) is 67.2 Å². The molecule has 1 fully saturated rings. The number of nitrogens with zero attached hydrogens (tertiary/aromatic N) is 3. The second-order valence-electron chi connectivity index (χ2n) is 8.86. The van der Waals surface area contributed by atoms with Crippen LogP contribution in [0.3, 0.4) is 0 Å². The number of fused-ring (bicyclic) bond motifs is 3. The lowest BCUT2D eigenvalue weighted by molar-refractivity contribution is 0.0947. The Kier molecular flexibility index (Phi) is 6.36. The van der Waals surface area contributed by atoms with Crippen LogP contribution in [-0.2, 0) is 0 Å². The molecule has 0 unspecified atom stereocenters. The minimum atomic E-state index is -0.113. The fraction of sp³-hybridized carbons (Fsp3) is 0.333. The summed E-state index contributed by atoms with van der Waals surface area (Å²) < 4.78 is 5.51. The van der Waals surface area contributed by atoms with Gasteiger partial charge in [0.1, 0.15) is 11.4 Å². The third-order valence-electron chi connectivity index (χ3n) is 6.57. The van der Waals surface area contributed by atoms with Crippen LogP contribution >= 0.6 is 0 Å². The molecule has 0 spiro atoms. The van der Waals surface area contributed by atoms with Crippen LogP contribution in [0.15, 0.2) is 54.6 Å². The number of ether oxygens (including phenoxy) is 1. The van der Waals surface area contributed by atoms with Crippen molar-refractivity contribution in [2.75, 3.05) is 51.3 Å². The second kappa shape index (κ2) is 9.73. The highest BCUT2D eigenvalue weighted by Crippen LogP contribution is 2.28. The maximum atomic E-state index is 12.7. The first-order valence-electron chi connectivity index (χ1n) is 11.9.